The summed E-state index contributed by atoms with van der Waals surface area (Å²) >= 11 is 0. The average Bonchev–Trinajstić information content (AvgIpc) is 2.99. The van der Waals surface area contributed by atoms with Gasteiger partial charge in [0.1, 0.15) is 0 Å². The monoisotopic (exact) mass is 292 g/mol. The van der Waals surface area contributed by atoms with E-state index in [1.165, 1.54) is 0 Å². The van der Waals surface area contributed by atoms with Crippen LogP contribution in [0, 0.1) is 5.92 Å². The summed E-state index contributed by atoms with van der Waals surface area (Å²) in [6, 6.07) is 6.48. The van der Waals surface area contributed by atoms with Crippen molar-refractivity contribution < 1.29 is 19.4 Å². The van der Waals surface area contributed by atoms with Crippen molar-refractivity contribution in [3.05, 3.63) is 35.4 Å². The summed E-state index contributed by atoms with van der Waals surface area (Å²) in [4.78, 5) is 22.3. The molecule has 114 valence electrons. The van der Waals surface area contributed by atoms with Gasteiger partial charge < -0.3 is 20.5 Å². The number of carbonyl (C=O) groups excluding carboxylic acids is 1. The molecule has 1 unspecified atom stereocenters. The number of carboxylic acid groups (broad SMARTS) is 1. The van der Waals surface area contributed by atoms with Gasteiger partial charge in [-0.15, -0.1) is 0 Å². The Balaban J connectivity index is 1.63. The Morgan fingerprint density at radius 1 is 1.24 bits per heavy atom. The fraction of sp³-hybridized carbons (Fsp3) is 0.467. The quantitative estimate of drug-likeness (QED) is 0.736. The second-order valence-corrected chi connectivity index (χ2v) is 5.12. The third-order valence-corrected chi connectivity index (χ3v) is 3.48. The van der Waals surface area contributed by atoms with Gasteiger partial charge in [-0.25, -0.2) is 9.59 Å². The molecule has 0 radical (unpaired) electrons. The summed E-state index contributed by atoms with van der Waals surface area (Å²) in [5.41, 5.74) is 1.26. The zero-order chi connectivity index (χ0) is 15.1. The fourth-order valence-corrected chi connectivity index (χ4v) is 2.18. The van der Waals surface area contributed by atoms with Gasteiger partial charge in [-0.05, 0) is 30.5 Å². The molecule has 6 nitrogen and oxygen atoms in total. The molecule has 21 heavy (non-hydrogen) atoms. The van der Waals surface area contributed by atoms with Crippen LogP contribution < -0.4 is 10.6 Å². The minimum Gasteiger partial charge on any atom is -0.478 e. The molecule has 1 saturated heterocycles. The highest BCUT2D eigenvalue weighted by molar-refractivity contribution is 5.87. The third-order valence-electron chi connectivity index (χ3n) is 3.48. The lowest BCUT2D eigenvalue weighted by Crippen LogP contribution is -2.39. The van der Waals surface area contributed by atoms with Crippen LogP contribution in [0.5, 0.6) is 0 Å². The number of hydrogen-bond acceptors (Lipinski definition) is 3. The molecule has 0 saturated carbocycles. The van der Waals surface area contributed by atoms with Crippen LogP contribution in [0.1, 0.15) is 22.3 Å². The van der Waals surface area contributed by atoms with E-state index in [9.17, 15) is 9.59 Å². The van der Waals surface area contributed by atoms with Gasteiger partial charge in [-0.1, -0.05) is 12.1 Å². The molecule has 0 aliphatic carbocycles. The van der Waals surface area contributed by atoms with Crippen molar-refractivity contribution in [1.82, 2.24) is 10.6 Å². The normalized spacial score (nSPS) is 17.4. The molecule has 2 amide bonds. The summed E-state index contributed by atoms with van der Waals surface area (Å²) < 4.78 is 5.24. The van der Waals surface area contributed by atoms with Crippen LogP contribution in [0.3, 0.4) is 0 Å². The van der Waals surface area contributed by atoms with E-state index in [2.05, 4.69) is 10.6 Å². The first-order valence-electron chi connectivity index (χ1n) is 7.07. The summed E-state index contributed by atoms with van der Waals surface area (Å²) in [5, 5.41) is 14.4. The molecule has 1 aromatic rings. The number of carbonyl (C=O) groups is 2. The Labute approximate surface area is 123 Å². The molecule has 1 aliphatic rings. The Kier molecular flexibility index (Phi) is 5.57. The van der Waals surface area contributed by atoms with Crippen LogP contribution >= 0.6 is 0 Å². The molecule has 1 heterocycles. The van der Waals surface area contributed by atoms with Gasteiger partial charge in [0.2, 0.25) is 0 Å². The first-order chi connectivity index (χ1) is 10.1. The molecule has 3 N–H and O–H groups in total. The molecule has 6 heteroatoms. The number of benzene rings is 1. The van der Waals surface area contributed by atoms with E-state index in [1.807, 2.05) is 0 Å². The van der Waals surface area contributed by atoms with E-state index in [4.69, 9.17) is 9.84 Å². The first kappa shape index (κ1) is 15.3. The topological polar surface area (TPSA) is 87.7 Å². The first-order valence-corrected chi connectivity index (χ1v) is 7.07. The van der Waals surface area contributed by atoms with E-state index >= 15 is 0 Å². The molecule has 0 spiro atoms. The minimum atomic E-state index is -0.935. The molecular weight excluding hydrogens is 272 g/mol. The smallest absolute Gasteiger partial charge is 0.335 e. The summed E-state index contributed by atoms with van der Waals surface area (Å²) in [6.45, 7) is 2.65. The van der Waals surface area contributed by atoms with E-state index in [1.54, 1.807) is 24.3 Å². The Hall–Kier alpha value is -2.08. The number of ether oxygens (including phenoxy) is 1. The second-order valence-electron chi connectivity index (χ2n) is 5.12. The van der Waals surface area contributed by atoms with Crippen molar-refractivity contribution in [2.75, 3.05) is 26.3 Å². The Morgan fingerprint density at radius 2 is 2.00 bits per heavy atom. The van der Waals surface area contributed by atoms with Crippen molar-refractivity contribution in [3.8, 4) is 0 Å². The predicted molar refractivity (Wildman–Crippen MR) is 77.4 cm³/mol. The summed E-state index contributed by atoms with van der Waals surface area (Å²) in [7, 11) is 0. The van der Waals surface area contributed by atoms with Gasteiger partial charge in [0.05, 0.1) is 12.2 Å². The van der Waals surface area contributed by atoms with Crippen LogP contribution in [0.4, 0.5) is 4.79 Å². The fourth-order valence-electron chi connectivity index (χ4n) is 2.18. The number of hydrogen-bond donors (Lipinski definition) is 3. The zero-order valence-corrected chi connectivity index (χ0v) is 11.8. The average molecular weight is 292 g/mol. The van der Waals surface area contributed by atoms with E-state index in [-0.39, 0.29) is 11.6 Å². The molecule has 0 bridgehead atoms. The molecule has 1 aliphatic heterocycles. The highest BCUT2D eigenvalue weighted by Crippen LogP contribution is 2.10. The van der Waals surface area contributed by atoms with E-state index in [0.717, 1.165) is 25.2 Å². The lowest BCUT2D eigenvalue weighted by Gasteiger charge is -2.10. The summed E-state index contributed by atoms with van der Waals surface area (Å²) in [5.74, 6) is -0.519. The number of amides is 2. The molecule has 1 atom stereocenters. The largest absolute Gasteiger partial charge is 0.478 e. The van der Waals surface area contributed by atoms with Gasteiger partial charge in [0, 0.05) is 25.6 Å². The lowest BCUT2D eigenvalue weighted by molar-refractivity contribution is 0.0697. The Bertz CT molecular complexity index is 481. The van der Waals surface area contributed by atoms with E-state index in [0.29, 0.717) is 25.4 Å². The van der Waals surface area contributed by atoms with Crippen molar-refractivity contribution >= 4 is 12.0 Å². The van der Waals surface area contributed by atoms with Crippen LogP contribution in [0.25, 0.3) is 0 Å². The molecular formula is C15H20N2O4. The number of carboxylic acids is 1. The van der Waals surface area contributed by atoms with Gasteiger partial charge in [0.25, 0.3) is 0 Å². The minimum absolute atomic E-state index is 0.177. The van der Waals surface area contributed by atoms with Crippen LogP contribution in [-0.4, -0.2) is 43.4 Å². The second kappa shape index (κ2) is 7.64. The maximum absolute atomic E-state index is 11.6. The van der Waals surface area contributed by atoms with E-state index < -0.39 is 5.97 Å². The zero-order valence-electron chi connectivity index (χ0n) is 11.8. The SMILES string of the molecule is O=C(NCCc1ccc(C(=O)O)cc1)NCC1CCOC1. The van der Waals surface area contributed by atoms with Gasteiger partial charge in [-0.2, -0.15) is 0 Å². The number of urea groups is 1. The molecule has 2 rings (SSSR count). The van der Waals surface area contributed by atoms with Crippen molar-refractivity contribution in [2.24, 2.45) is 5.92 Å². The van der Waals surface area contributed by atoms with Crippen LogP contribution in [-0.2, 0) is 11.2 Å². The predicted octanol–water partition coefficient (Wildman–Crippen LogP) is 1.26. The van der Waals surface area contributed by atoms with Gasteiger partial charge >= 0.3 is 12.0 Å². The maximum Gasteiger partial charge on any atom is 0.335 e. The standard InChI is InChI=1S/C15H20N2O4/c18-14(19)13-3-1-11(2-4-13)5-7-16-15(20)17-9-12-6-8-21-10-12/h1-4,12H,5-10H2,(H,18,19)(H2,16,17,20). The number of aromatic carboxylic acids is 1. The third kappa shape index (κ3) is 5.07. The number of rotatable bonds is 6. The number of nitrogens with one attached hydrogen (secondary N) is 2. The molecule has 0 aromatic heterocycles. The lowest BCUT2D eigenvalue weighted by atomic mass is 10.1. The molecule has 1 fully saturated rings. The van der Waals surface area contributed by atoms with Gasteiger partial charge in [0.15, 0.2) is 0 Å². The van der Waals surface area contributed by atoms with Gasteiger partial charge in [-0.3, -0.25) is 0 Å². The van der Waals surface area contributed by atoms with Crippen LogP contribution in [0.2, 0.25) is 0 Å². The van der Waals surface area contributed by atoms with Crippen LogP contribution in [0.15, 0.2) is 24.3 Å². The maximum atomic E-state index is 11.6. The Morgan fingerprint density at radius 3 is 2.62 bits per heavy atom. The molecule has 1 aromatic carbocycles. The van der Waals surface area contributed by atoms with Crippen molar-refractivity contribution in [2.45, 2.75) is 12.8 Å². The summed E-state index contributed by atoms with van der Waals surface area (Å²) in [6.07, 6.45) is 1.66. The van der Waals surface area contributed by atoms with Crippen molar-refractivity contribution in [3.63, 3.8) is 0 Å². The highest BCUT2D eigenvalue weighted by Gasteiger charge is 2.15. The highest BCUT2D eigenvalue weighted by atomic mass is 16.5. The van der Waals surface area contributed by atoms with Crippen molar-refractivity contribution in [1.29, 1.82) is 0 Å².